The van der Waals surface area contributed by atoms with Crippen LogP contribution in [0.1, 0.15) is 13.3 Å². The van der Waals surface area contributed by atoms with E-state index in [2.05, 4.69) is 4.74 Å². The number of likely N-dealkylation sites (tertiary alicyclic amines) is 1. The van der Waals surface area contributed by atoms with Gasteiger partial charge in [-0.25, -0.2) is 8.78 Å². The summed E-state index contributed by atoms with van der Waals surface area (Å²) in [4.78, 5) is 22.3. The van der Waals surface area contributed by atoms with Crippen LogP contribution in [0, 0.1) is 5.41 Å². The molecule has 0 bridgehead atoms. The first-order valence-electron chi connectivity index (χ1n) is 5.28. The molecule has 0 aromatic rings. The lowest BCUT2D eigenvalue weighted by Crippen LogP contribution is -2.60. The van der Waals surface area contributed by atoms with Gasteiger partial charge in [-0.3, -0.25) is 9.59 Å². The first-order chi connectivity index (χ1) is 8.45. The Labute approximate surface area is 105 Å². The van der Waals surface area contributed by atoms with Gasteiger partial charge in [0, 0.05) is 6.54 Å². The molecule has 1 aliphatic rings. The first kappa shape index (κ1) is 15.6. The molecule has 1 rings (SSSR count). The van der Waals surface area contributed by atoms with Crippen LogP contribution in [0.5, 0.6) is 0 Å². The maximum absolute atomic E-state index is 13.8. The number of methoxy groups -OCH3 is 1. The van der Waals surface area contributed by atoms with Crippen molar-refractivity contribution in [1.82, 2.24) is 4.90 Å². The van der Waals surface area contributed by atoms with Gasteiger partial charge in [-0.2, -0.15) is 13.2 Å². The summed E-state index contributed by atoms with van der Waals surface area (Å²) in [5, 5.41) is 0. The molecule has 1 fully saturated rings. The molecule has 0 radical (unpaired) electrons. The predicted molar refractivity (Wildman–Crippen MR) is 52.3 cm³/mol. The maximum Gasteiger partial charge on any atom is 0.471 e. The third-order valence-corrected chi connectivity index (χ3v) is 3.24. The third-order valence-electron chi connectivity index (χ3n) is 3.24. The van der Waals surface area contributed by atoms with Crippen molar-refractivity contribution in [3.8, 4) is 0 Å². The van der Waals surface area contributed by atoms with Crippen molar-refractivity contribution in [1.29, 1.82) is 0 Å². The van der Waals surface area contributed by atoms with Gasteiger partial charge in [0.15, 0.2) is 0 Å². The molecular weight excluding hydrogens is 277 g/mol. The highest BCUT2D eigenvalue weighted by molar-refractivity contribution is 5.83. The number of amides is 1. The van der Waals surface area contributed by atoms with Crippen molar-refractivity contribution >= 4 is 11.9 Å². The molecule has 1 heterocycles. The largest absolute Gasteiger partial charge is 0.471 e. The zero-order valence-corrected chi connectivity index (χ0v) is 10.2. The number of carbonyl (C=O) groups excluding carboxylic acids is 2. The van der Waals surface area contributed by atoms with Gasteiger partial charge in [-0.1, -0.05) is 0 Å². The molecule has 1 atom stereocenters. The van der Waals surface area contributed by atoms with E-state index in [-0.39, 0.29) is 4.90 Å². The van der Waals surface area contributed by atoms with Crippen molar-refractivity contribution in [2.24, 2.45) is 5.41 Å². The van der Waals surface area contributed by atoms with Crippen LogP contribution in [0.3, 0.4) is 0 Å². The van der Waals surface area contributed by atoms with Gasteiger partial charge in [0.25, 0.3) is 5.92 Å². The Hall–Kier alpha value is -1.41. The molecule has 1 aliphatic heterocycles. The number of hydrogen-bond donors (Lipinski definition) is 0. The van der Waals surface area contributed by atoms with Crippen LogP contribution < -0.4 is 0 Å². The number of alkyl halides is 5. The summed E-state index contributed by atoms with van der Waals surface area (Å²) in [6.45, 7) is -1.13. The fraction of sp³-hybridized carbons (Fsp3) is 0.800. The Kier molecular flexibility index (Phi) is 3.79. The molecule has 1 unspecified atom stereocenters. The van der Waals surface area contributed by atoms with Gasteiger partial charge in [0.2, 0.25) is 0 Å². The standard InChI is InChI=1S/C10H12F5NO3/c1-8(7(18)19-2)3-4-16(5-9(8,11)12)6(17)10(13,14)15/h3-5H2,1-2H3. The van der Waals surface area contributed by atoms with E-state index >= 15 is 0 Å². The fourth-order valence-corrected chi connectivity index (χ4v) is 1.86. The Morgan fingerprint density at radius 2 is 1.79 bits per heavy atom. The minimum atomic E-state index is -5.21. The minimum absolute atomic E-state index is 0.00465. The molecule has 1 amide bonds. The second-order valence-corrected chi connectivity index (χ2v) is 4.50. The molecule has 0 aromatic heterocycles. The highest BCUT2D eigenvalue weighted by Crippen LogP contribution is 2.45. The molecule has 0 aliphatic carbocycles. The van der Waals surface area contributed by atoms with Crippen molar-refractivity contribution in [3.05, 3.63) is 0 Å². The van der Waals surface area contributed by atoms with Crippen molar-refractivity contribution in [2.45, 2.75) is 25.4 Å². The zero-order valence-electron chi connectivity index (χ0n) is 10.2. The van der Waals surface area contributed by atoms with E-state index in [0.29, 0.717) is 0 Å². The molecule has 0 aromatic carbocycles. The molecule has 0 saturated carbocycles. The fourth-order valence-electron chi connectivity index (χ4n) is 1.86. The number of halogens is 5. The van der Waals surface area contributed by atoms with E-state index in [4.69, 9.17) is 0 Å². The Morgan fingerprint density at radius 3 is 2.16 bits per heavy atom. The predicted octanol–water partition coefficient (Wildman–Crippen LogP) is 1.60. The van der Waals surface area contributed by atoms with Crippen LogP contribution in [-0.4, -0.2) is 49.1 Å². The zero-order chi connectivity index (χ0) is 15.1. The van der Waals surface area contributed by atoms with E-state index < -0.39 is 48.9 Å². The second-order valence-electron chi connectivity index (χ2n) is 4.50. The number of piperidine rings is 1. The van der Waals surface area contributed by atoms with E-state index in [0.717, 1.165) is 14.0 Å². The van der Waals surface area contributed by atoms with Gasteiger partial charge in [-0.15, -0.1) is 0 Å². The summed E-state index contributed by atoms with van der Waals surface area (Å²) in [6.07, 6.45) is -5.82. The number of esters is 1. The summed E-state index contributed by atoms with van der Waals surface area (Å²) < 4.78 is 68.4. The van der Waals surface area contributed by atoms with Crippen LogP contribution in [-0.2, 0) is 14.3 Å². The number of nitrogens with zero attached hydrogens (tertiary/aromatic N) is 1. The van der Waals surface area contributed by atoms with Crippen LogP contribution in [0.4, 0.5) is 22.0 Å². The molecule has 1 saturated heterocycles. The average Bonchev–Trinajstić information content (AvgIpc) is 2.29. The summed E-state index contributed by atoms with van der Waals surface area (Å²) >= 11 is 0. The van der Waals surface area contributed by atoms with E-state index in [1.165, 1.54) is 0 Å². The summed E-state index contributed by atoms with van der Waals surface area (Å²) in [6, 6.07) is 0. The number of ether oxygens (including phenoxy) is 1. The van der Waals surface area contributed by atoms with E-state index in [9.17, 15) is 31.5 Å². The van der Waals surface area contributed by atoms with Crippen LogP contribution in [0.2, 0.25) is 0 Å². The van der Waals surface area contributed by atoms with Crippen LogP contribution in [0.15, 0.2) is 0 Å². The normalized spacial score (nSPS) is 27.0. The Balaban J connectivity index is 2.95. The van der Waals surface area contributed by atoms with E-state index in [1.807, 2.05) is 0 Å². The Morgan fingerprint density at radius 1 is 1.26 bits per heavy atom. The monoisotopic (exact) mass is 289 g/mol. The minimum Gasteiger partial charge on any atom is -0.468 e. The van der Waals surface area contributed by atoms with Crippen molar-refractivity contribution < 1.29 is 36.3 Å². The second kappa shape index (κ2) is 4.61. The summed E-state index contributed by atoms with van der Waals surface area (Å²) in [5.41, 5.74) is -2.23. The molecule has 0 spiro atoms. The molecular formula is C10H12F5NO3. The lowest BCUT2D eigenvalue weighted by atomic mass is 9.77. The number of hydrogen-bond acceptors (Lipinski definition) is 3. The SMILES string of the molecule is COC(=O)C1(C)CCN(C(=O)C(F)(F)F)CC1(F)F. The van der Waals surface area contributed by atoms with Gasteiger partial charge in [0.05, 0.1) is 13.7 Å². The summed E-state index contributed by atoms with van der Waals surface area (Å²) in [5.74, 6) is -7.34. The molecule has 9 heteroatoms. The van der Waals surface area contributed by atoms with Crippen molar-refractivity contribution in [2.75, 3.05) is 20.2 Å². The molecule has 4 nitrogen and oxygen atoms in total. The molecule has 110 valence electrons. The van der Waals surface area contributed by atoms with Gasteiger partial charge in [0.1, 0.15) is 5.41 Å². The maximum atomic E-state index is 13.8. The van der Waals surface area contributed by atoms with Crippen molar-refractivity contribution in [3.63, 3.8) is 0 Å². The third kappa shape index (κ3) is 2.64. The highest BCUT2D eigenvalue weighted by Gasteiger charge is 2.61. The molecule has 19 heavy (non-hydrogen) atoms. The Bertz CT molecular complexity index is 395. The number of carbonyl (C=O) groups is 2. The lowest BCUT2D eigenvalue weighted by molar-refractivity contribution is -0.212. The molecule has 0 N–H and O–H groups in total. The summed E-state index contributed by atoms with van der Waals surface area (Å²) in [7, 11) is 0.914. The quantitative estimate of drug-likeness (QED) is 0.544. The van der Waals surface area contributed by atoms with E-state index in [1.54, 1.807) is 0 Å². The first-order valence-corrected chi connectivity index (χ1v) is 5.28. The van der Waals surface area contributed by atoms with Gasteiger partial charge >= 0.3 is 18.1 Å². The van der Waals surface area contributed by atoms with Gasteiger partial charge < -0.3 is 9.64 Å². The van der Waals surface area contributed by atoms with Crippen LogP contribution >= 0.6 is 0 Å². The smallest absolute Gasteiger partial charge is 0.468 e. The lowest BCUT2D eigenvalue weighted by Gasteiger charge is -2.43. The average molecular weight is 289 g/mol. The topological polar surface area (TPSA) is 46.6 Å². The van der Waals surface area contributed by atoms with Gasteiger partial charge in [-0.05, 0) is 13.3 Å². The van der Waals surface area contributed by atoms with Crippen LogP contribution in [0.25, 0.3) is 0 Å². The highest BCUT2D eigenvalue weighted by atomic mass is 19.4. The number of rotatable bonds is 1.